The Hall–Kier alpha value is -2.96. The molecule has 3 aliphatic heterocycles. The van der Waals surface area contributed by atoms with E-state index in [-0.39, 0.29) is 17.5 Å². The minimum absolute atomic E-state index is 0.0961. The monoisotopic (exact) mass is 542 g/mol. The molecule has 6 heteroatoms. The van der Waals surface area contributed by atoms with E-state index in [0.717, 1.165) is 59.8 Å². The Kier molecular flexibility index (Phi) is 6.88. The lowest BCUT2D eigenvalue weighted by Gasteiger charge is -2.31. The molecule has 0 spiro atoms. The van der Waals surface area contributed by atoms with E-state index in [2.05, 4.69) is 91.9 Å². The van der Waals surface area contributed by atoms with Crippen molar-refractivity contribution in [2.45, 2.75) is 65.5 Å². The van der Waals surface area contributed by atoms with Crippen LogP contribution in [0.25, 0.3) is 11.3 Å². The Morgan fingerprint density at radius 3 is 2.72 bits per heavy atom. The zero-order valence-electron chi connectivity index (χ0n) is 23.3. The van der Waals surface area contributed by atoms with Gasteiger partial charge in [-0.2, -0.15) is 0 Å². The van der Waals surface area contributed by atoms with Crippen LogP contribution in [0.2, 0.25) is 0 Å². The second-order valence-electron chi connectivity index (χ2n) is 12.4. The van der Waals surface area contributed by atoms with Gasteiger partial charge in [-0.25, -0.2) is 0 Å². The highest BCUT2D eigenvalue weighted by Crippen LogP contribution is 2.50. The van der Waals surface area contributed by atoms with Crippen LogP contribution in [-0.4, -0.2) is 40.5 Å². The van der Waals surface area contributed by atoms with Gasteiger partial charge in [0.25, 0.3) is 0 Å². The first kappa shape index (κ1) is 26.3. The number of hydrogen-bond acceptors (Lipinski definition) is 5. The number of nitrogens with zero attached hydrogens (tertiary/aromatic N) is 1. The lowest BCUT2D eigenvalue weighted by molar-refractivity contribution is -0.141. The van der Waals surface area contributed by atoms with Crippen molar-refractivity contribution in [3.8, 4) is 5.75 Å². The molecule has 0 radical (unpaired) electrons. The minimum atomic E-state index is -0.748. The Morgan fingerprint density at radius 2 is 1.97 bits per heavy atom. The van der Waals surface area contributed by atoms with Gasteiger partial charge in [-0.05, 0) is 89.6 Å². The molecule has 4 aliphatic rings. The molecule has 1 aliphatic carbocycles. The van der Waals surface area contributed by atoms with Crippen molar-refractivity contribution in [2.24, 2.45) is 11.3 Å². The summed E-state index contributed by atoms with van der Waals surface area (Å²) in [5.74, 6) is 0.444. The Balaban J connectivity index is 1.64. The number of carboxylic acids is 1. The van der Waals surface area contributed by atoms with Crippen molar-refractivity contribution < 1.29 is 14.6 Å². The smallest absolute Gasteiger partial charge is 0.311 e. The lowest BCUT2D eigenvalue weighted by atomic mass is 9.75. The van der Waals surface area contributed by atoms with Gasteiger partial charge in [0, 0.05) is 11.7 Å². The molecule has 0 amide bonds. The Morgan fingerprint density at radius 1 is 1.18 bits per heavy atom. The van der Waals surface area contributed by atoms with Gasteiger partial charge in [0.2, 0.25) is 0 Å². The second kappa shape index (κ2) is 10.2. The predicted octanol–water partition coefficient (Wildman–Crippen LogP) is 6.93. The van der Waals surface area contributed by atoms with Crippen LogP contribution in [0.4, 0.5) is 0 Å². The van der Waals surface area contributed by atoms with Gasteiger partial charge >= 0.3 is 5.97 Å². The van der Waals surface area contributed by atoms with Crippen molar-refractivity contribution in [1.82, 2.24) is 9.62 Å². The van der Waals surface area contributed by atoms with E-state index in [1.807, 2.05) is 0 Å². The predicted molar refractivity (Wildman–Crippen MR) is 159 cm³/mol. The van der Waals surface area contributed by atoms with Crippen LogP contribution in [0, 0.1) is 11.3 Å². The van der Waals surface area contributed by atoms with Crippen molar-refractivity contribution >= 4 is 29.2 Å². The molecule has 3 unspecified atom stereocenters. The number of benzene rings is 2. The van der Waals surface area contributed by atoms with E-state index in [9.17, 15) is 9.90 Å². The minimum Gasteiger partial charge on any atom is -0.493 e. The molecule has 1 fully saturated rings. The largest absolute Gasteiger partial charge is 0.493 e. The van der Waals surface area contributed by atoms with Gasteiger partial charge in [0.05, 0.1) is 24.4 Å². The number of ether oxygens (including phenoxy) is 1. The quantitative estimate of drug-likeness (QED) is 0.400. The molecule has 2 N–H and O–H groups in total. The van der Waals surface area contributed by atoms with Crippen LogP contribution in [0.1, 0.15) is 63.6 Å². The van der Waals surface area contributed by atoms with Crippen molar-refractivity contribution in [3.63, 3.8) is 0 Å². The van der Waals surface area contributed by atoms with Crippen molar-refractivity contribution in [1.29, 1.82) is 0 Å². The van der Waals surface area contributed by atoms with E-state index in [4.69, 9.17) is 4.74 Å². The first-order valence-electron chi connectivity index (χ1n) is 14.1. The molecule has 2 aromatic carbocycles. The Labute approximate surface area is 236 Å². The van der Waals surface area contributed by atoms with E-state index in [0.29, 0.717) is 6.42 Å². The highest BCUT2D eigenvalue weighted by atomic mass is 32.2. The molecule has 3 heterocycles. The fourth-order valence-corrected chi connectivity index (χ4v) is 7.68. The van der Waals surface area contributed by atoms with Crippen molar-refractivity contribution in [2.75, 3.05) is 12.5 Å². The zero-order chi connectivity index (χ0) is 27.3. The van der Waals surface area contributed by atoms with Gasteiger partial charge in [-0.3, -0.25) is 9.52 Å². The topological polar surface area (TPSA) is 61.8 Å². The van der Waals surface area contributed by atoms with Crippen LogP contribution in [-0.2, 0) is 11.2 Å². The summed E-state index contributed by atoms with van der Waals surface area (Å²) >= 11 is 1.73. The number of carboxylic acid groups (broad SMARTS) is 1. The number of aryl methyl sites for hydroxylation is 1. The standard InChI is InChI=1S/C33H38N2O3S/c1-20-26-17-28-24(16-27(35(28)19-39-34-26)21-9-6-5-7-10-21)31(30(20)25(32(36)37)18-33(2,3)4)23-12-13-29-22(15-23)11-8-14-38-29/h5-7,9-10,12-13,15-16,25-26,28,34H,8,11,14,17-19H2,1-4H3,(H,36,37). The number of hydrogen-bond donors (Lipinski definition) is 2. The molecule has 5 nitrogen and oxygen atoms in total. The third kappa shape index (κ3) is 4.93. The first-order valence-corrected chi connectivity index (χ1v) is 15.0. The van der Waals surface area contributed by atoms with Gasteiger partial charge in [-0.15, -0.1) is 0 Å². The number of allylic oxidation sites excluding steroid dienone is 1. The van der Waals surface area contributed by atoms with Gasteiger partial charge in [-0.1, -0.05) is 74.7 Å². The molecular weight excluding hydrogens is 504 g/mol. The third-order valence-electron chi connectivity index (χ3n) is 8.46. The fraction of sp³-hybridized carbons (Fsp3) is 0.424. The molecule has 2 bridgehead atoms. The van der Waals surface area contributed by atoms with E-state index in [1.165, 1.54) is 22.4 Å². The molecule has 0 saturated carbocycles. The molecule has 3 atom stereocenters. The summed E-state index contributed by atoms with van der Waals surface area (Å²) in [4.78, 5) is 15.6. The second-order valence-corrected chi connectivity index (χ2v) is 13.2. The van der Waals surface area contributed by atoms with Crippen LogP contribution in [0.5, 0.6) is 5.75 Å². The first-order chi connectivity index (χ1) is 18.7. The van der Waals surface area contributed by atoms with Crippen LogP contribution < -0.4 is 9.46 Å². The summed E-state index contributed by atoms with van der Waals surface area (Å²) < 4.78 is 9.68. The number of carbonyl (C=O) groups is 1. The van der Waals surface area contributed by atoms with E-state index < -0.39 is 11.9 Å². The maximum Gasteiger partial charge on any atom is 0.311 e. The lowest BCUT2D eigenvalue weighted by Crippen LogP contribution is -2.32. The number of nitrogens with one attached hydrogen (secondary N) is 1. The number of aliphatic carboxylic acids is 1. The molecule has 1 saturated heterocycles. The molecule has 204 valence electrons. The fourth-order valence-electron chi connectivity index (χ4n) is 6.67. The van der Waals surface area contributed by atoms with E-state index in [1.54, 1.807) is 11.9 Å². The molecule has 39 heavy (non-hydrogen) atoms. The van der Waals surface area contributed by atoms with Crippen LogP contribution in [0.15, 0.2) is 71.3 Å². The average molecular weight is 543 g/mol. The highest BCUT2D eigenvalue weighted by Gasteiger charge is 2.43. The molecular formula is C33H38N2O3S. The summed E-state index contributed by atoms with van der Waals surface area (Å²) in [6, 6.07) is 17.4. The highest BCUT2D eigenvalue weighted by molar-refractivity contribution is 7.97. The van der Waals surface area contributed by atoms with Gasteiger partial charge in [0.1, 0.15) is 5.75 Å². The van der Waals surface area contributed by atoms with Crippen LogP contribution >= 0.6 is 11.9 Å². The summed E-state index contributed by atoms with van der Waals surface area (Å²) in [6.45, 7) is 9.33. The van der Waals surface area contributed by atoms with Gasteiger partial charge < -0.3 is 14.7 Å². The summed E-state index contributed by atoms with van der Waals surface area (Å²) in [5.41, 5.74) is 9.08. The van der Waals surface area contributed by atoms with E-state index >= 15 is 0 Å². The molecule has 0 aromatic heterocycles. The normalized spacial score (nSPS) is 23.5. The average Bonchev–Trinajstić information content (AvgIpc) is 3.05. The summed E-state index contributed by atoms with van der Waals surface area (Å²) in [7, 11) is 0. The Bertz CT molecular complexity index is 1390. The molecule has 6 rings (SSSR count). The number of fused-ring (bicyclic) bond motifs is 2. The maximum atomic E-state index is 13.1. The summed E-state index contributed by atoms with van der Waals surface area (Å²) in [6.07, 6.45) is 5.81. The SMILES string of the molecule is CC1=C(C(CC(C)(C)C)C(=O)O)C(c2ccc3c(c2)CCCO3)=C2C=C(c3ccccc3)N3CSNC1CC23. The number of rotatable bonds is 5. The maximum absolute atomic E-state index is 13.1. The molecule has 2 aromatic rings. The van der Waals surface area contributed by atoms with Crippen LogP contribution in [0.3, 0.4) is 0 Å². The summed E-state index contributed by atoms with van der Waals surface area (Å²) in [5, 5.41) is 10.7. The third-order valence-corrected chi connectivity index (χ3v) is 9.32. The zero-order valence-corrected chi connectivity index (χ0v) is 24.1. The van der Waals surface area contributed by atoms with Crippen molar-refractivity contribution in [3.05, 3.63) is 88.0 Å². The van der Waals surface area contributed by atoms with Gasteiger partial charge in [0.15, 0.2) is 0 Å².